The van der Waals surface area contributed by atoms with Crippen LogP contribution in [0.2, 0.25) is 5.28 Å². The number of nitrogens with zero attached hydrogens (tertiary/aromatic N) is 3. The maximum atomic E-state index is 12.3. The molecule has 1 unspecified atom stereocenters. The van der Waals surface area contributed by atoms with Crippen LogP contribution in [-0.2, 0) is 10.0 Å². The van der Waals surface area contributed by atoms with Gasteiger partial charge in [-0.3, -0.25) is 0 Å². The van der Waals surface area contributed by atoms with Crippen LogP contribution < -0.4 is 0 Å². The molecule has 18 heavy (non-hydrogen) atoms. The summed E-state index contributed by atoms with van der Waals surface area (Å²) in [4.78, 5) is 7.39. The lowest BCUT2D eigenvalue weighted by Gasteiger charge is -2.30. The van der Waals surface area contributed by atoms with E-state index in [0.717, 1.165) is 12.8 Å². The summed E-state index contributed by atoms with van der Waals surface area (Å²) in [5, 5.41) is 9.13. The summed E-state index contributed by atoms with van der Waals surface area (Å²) in [7, 11) is -3.58. The first-order valence-electron chi connectivity index (χ1n) is 5.62. The van der Waals surface area contributed by atoms with Crippen molar-refractivity contribution in [2.45, 2.75) is 17.7 Å². The van der Waals surface area contributed by atoms with E-state index >= 15 is 0 Å². The van der Waals surface area contributed by atoms with Crippen molar-refractivity contribution >= 4 is 21.6 Å². The van der Waals surface area contributed by atoms with E-state index in [9.17, 15) is 8.42 Å². The zero-order valence-electron chi connectivity index (χ0n) is 9.66. The molecule has 1 aromatic heterocycles. The molecule has 0 bridgehead atoms. The normalized spacial score (nSPS) is 22.0. The van der Waals surface area contributed by atoms with Crippen LogP contribution in [-0.4, -0.2) is 47.5 Å². The Morgan fingerprint density at radius 3 is 2.72 bits per heavy atom. The van der Waals surface area contributed by atoms with Gasteiger partial charge < -0.3 is 5.11 Å². The van der Waals surface area contributed by atoms with Crippen LogP contribution in [0.3, 0.4) is 0 Å². The molecule has 0 amide bonds. The highest BCUT2D eigenvalue weighted by Crippen LogP contribution is 2.22. The van der Waals surface area contributed by atoms with E-state index in [4.69, 9.17) is 16.7 Å². The molecule has 0 spiro atoms. The van der Waals surface area contributed by atoms with Crippen molar-refractivity contribution < 1.29 is 13.5 Å². The van der Waals surface area contributed by atoms with Gasteiger partial charge in [0.1, 0.15) is 4.90 Å². The third-order valence-corrected chi connectivity index (χ3v) is 4.99. The minimum absolute atomic E-state index is 0.00161. The number of aliphatic hydroxyl groups excluding tert-OH is 1. The Balaban J connectivity index is 2.22. The van der Waals surface area contributed by atoms with Crippen molar-refractivity contribution in [3.05, 3.63) is 17.7 Å². The number of sulfonamides is 1. The molecule has 1 atom stereocenters. The zero-order chi connectivity index (χ0) is 13.2. The molecule has 1 aliphatic rings. The average Bonchev–Trinajstić information content (AvgIpc) is 2.39. The standard InChI is InChI=1S/C10H14ClN3O3S/c11-10-12-4-9(5-13-10)18(16,17)14-3-1-2-8(6-14)7-15/h4-5,8,15H,1-3,6-7H2. The van der Waals surface area contributed by atoms with Crippen LogP contribution in [0, 0.1) is 5.92 Å². The quantitative estimate of drug-likeness (QED) is 0.821. The lowest BCUT2D eigenvalue weighted by atomic mass is 10.0. The van der Waals surface area contributed by atoms with Crippen LogP contribution in [0.15, 0.2) is 17.3 Å². The SMILES string of the molecule is O=S(=O)(c1cnc(Cl)nc1)N1CCCC(CO)C1. The summed E-state index contributed by atoms with van der Waals surface area (Å²) >= 11 is 5.53. The summed E-state index contributed by atoms with van der Waals surface area (Å²) in [5.74, 6) is 0.00161. The third-order valence-electron chi connectivity index (χ3n) is 2.97. The Bertz CT molecular complexity index is 506. The Hall–Kier alpha value is -0.760. The largest absolute Gasteiger partial charge is 0.396 e. The van der Waals surface area contributed by atoms with Gasteiger partial charge in [-0.2, -0.15) is 4.31 Å². The van der Waals surface area contributed by atoms with Gasteiger partial charge in [0.05, 0.1) is 12.4 Å². The molecule has 2 heterocycles. The monoisotopic (exact) mass is 291 g/mol. The van der Waals surface area contributed by atoms with Crippen molar-refractivity contribution in [2.75, 3.05) is 19.7 Å². The van der Waals surface area contributed by atoms with Crippen molar-refractivity contribution in [3.8, 4) is 0 Å². The number of rotatable bonds is 3. The van der Waals surface area contributed by atoms with E-state index in [1.807, 2.05) is 0 Å². The molecule has 1 fully saturated rings. The number of aliphatic hydroxyl groups is 1. The second-order valence-corrected chi connectivity index (χ2v) is 6.52. The molecule has 1 N–H and O–H groups in total. The maximum absolute atomic E-state index is 12.3. The van der Waals surface area contributed by atoms with Gasteiger partial charge in [-0.05, 0) is 30.4 Å². The Labute approximate surface area is 111 Å². The molecule has 0 saturated carbocycles. The Morgan fingerprint density at radius 2 is 2.11 bits per heavy atom. The Morgan fingerprint density at radius 1 is 1.44 bits per heavy atom. The minimum atomic E-state index is -3.58. The highest BCUT2D eigenvalue weighted by atomic mass is 35.5. The fraction of sp³-hybridized carbons (Fsp3) is 0.600. The van der Waals surface area contributed by atoms with E-state index in [-0.39, 0.29) is 22.7 Å². The molecule has 100 valence electrons. The first kappa shape index (κ1) is 13.7. The lowest BCUT2D eigenvalue weighted by molar-refractivity contribution is 0.165. The number of hydrogen-bond acceptors (Lipinski definition) is 5. The summed E-state index contributed by atoms with van der Waals surface area (Å²) < 4.78 is 25.9. The number of piperidine rings is 1. The van der Waals surface area contributed by atoms with Gasteiger partial charge in [0.2, 0.25) is 15.3 Å². The van der Waals surface area contributed by atoms with Crippen LogP contribution in [0.1, 0.15) is 12.8 Å². The van der Waals surface area contributed by atoms with Gasteiger partial charge in [-0.1, -0.05) is 0 Å². The predicted molar refractivity (Wildman–Crippen MR) is 65.6 cm³/mol. The fourth-order valence-corrected chi connectivity index (χ4v) is 3.52. The topological polar surface area (TPSA) is 83.4 Å². The van der Waals surface area contributed by atoms with Crippen LogP contribution >= 0.6 is 11.6 Å². The summed E-state index contributed by atoms with van der Waals surface area (Å²) in [6, 6.07) is 0. The van der Waals surface area contributed by atoms with Gasteiger partial charge in [0.25, 0.3) is 0 Å². The molecule has 0 aromatic carbocycles. The van der Waals surface area contributed by atoms with Crippen molar-refractivity contribution in [2.24, 2.45) is 5.92 Å². The van der Waals surface area contributed by atoms with Gasteiger partial charge in [-0.15, -0.1) is 0 Å². The molecule has 6 nitrogen and oxygen atoms in total. The highest BCUT2D eigenvalue weighted by Gasteiger charge is 2.30. The first-order chi connectivity index (χ1) is 8.54. The van der Waals surface area contributed by atoms with E-state index in [0.29, 0.717) is 13.1 Å². The molecule has 2 rings (SSSR count). The summed E-state index contributed by atoms with van der Waals surface area (Å²) in [5.41, 5.74) is 0. The second-order valence-electron chi connectivity index (χ2n) is 4.24. The van der Waals surface area contributed by atoms with Crippen molar-refractivity contribution in [1.29, 1.82) is 0 Å². The van der Waals surface area contributed by atoms with Gasteiger partial charge in [0, 0.05) is 19.7 Å². The summed E-state index contributed by atoms with van der Waals surface area (Å²) in [6.07, 6.45) is 4.00. The number of aromatic nitrogens is 2. The second kappa shape index (κ2) is 5.48. The predicted octanol–water partition coefficient (Wildman–Crippen LogP) is 0.523. The van der Waals surface area contributed by atoms with Crippen LogP contribution in [0.25, 0.3) is 0 Å². The van der Waals surface area contributed by atoms with E-state index in [2.05, 4.69) is 9.97 Å². The van der Waals surface area contributed by atoms with E-state index in [1.165, 1.54) is 16.7 Å². The van der Waals surface area contributed by atoms with E-state index < -0.39 is 10.0 Å². The third kappa shape index (κ3) is 2.80. The fourth-order valence-electron chi connectivity index (χ4n) is 1.98. The highest BCUT2D eigenvalue weighted by molar-refractivity contribution is 7.89. The number of halogens is 1. The van der Waals surface area contributed by atoms with Gasteiger partial charge in [0.15, 0.2) is 0 Å². The molecule has 1 aromatic rings. The number of hydrogen-bond donors (Lipinski definition) is 1. The lowest BCUT2D eigenvalue weighted by Crippen LogP contribution is -2.40. The molecule has 0 aliphatic carbocycles. The van der Waals surface area contributed by atoms with Crippen molar-refractivity contribution in [1.82, 2.24) is 14.3 Å². The minimum Gasteiger partial charge on any atom is -0.396 e. The van der Waals surface area contributed by atoms with E-state index in [1.54, 1.807) is 0 Å². The average molecular weight is 292 g/mol. The molecule has 1 saturated heterocycles. The molecule has 8 heteroatoms. The van der Waals surface area contributed by atoms with Crippen molar-refractivity contribution in [3.63, 3.8) is 0 Å². The summed E-state index contributed by atoms with van der Waals surface area (Å²) in [6.45, 7) is 0.798. The zero-order valence-corrected chi connectivity index (χ0v) is 11.2. The van der Waals surface area contributed by atoms with Gasteiger partial charge >= 0.3 is 0 Å². The molecular formula is C10H14ClN3O3S. The molecular weight excluding hydrogens is 278 g/mol. The first-order valence-corrected chi connectivity index (χ1v) is 7.44. The maximum Gasteiger partial charge on any atom is 0.246 e. The van der Waals surface area contributed by atoms with Crippen LogP contribution in [0.4, 0.5) is 0 Å². The molecule has 0 radical (unpaired) electrons. The molecule has 1 aliphatic heterocycles. The van der Waals surface area contributed by atoms with Gasteiger partial charge in [-0.25, -0.2) is 18.4 Å². The smallest absolute Gasteiger partial charge is 0.246 e. The Kier molecular flexibility index (Phi) is 4.16. The van der Waals surface area contributed by atoms with Crippen LogP contribution in [0.5, 0.6) is 0 Å².